The van der Waals surface area contributed by atoms with Gasteiger partial charge in [0.1, 0.15) is 5.60 Å². The third kappa shape index (κ3) is 2.25. The Balaban J connectivity index is 1.75. The maximum absolute atomic E-state index is 6.83. The van der Waals surface area contributed by atoms with Crippen molar-refractivity contribution in [2.75, 3.05) is 0 Å². The lowest BCUT2D eigenvalue weighted by molar-refractivity contribution is -0.0184. The summed E-state index contributed by atoms with van der Waals surface area (Å²) in [6.45, 7) is 2.79. The average molecular weight is 374 g/mol. The third-order valence-corrected chi connectivity index (χ3v) is 6.56. The van der Waals surface area contributed by atoms with Crippen LogP contribution in [0.4, 0.5) is 0 Å². The molecule has 2 atom stereocenters. The highest BCUT2D eigenvalue weighted by Gasteiger charge is 2.53. The second kappa shape index (κ2) is 6.17. The van der Waals surface area contributed by atoms with Crippen molar-refractivity contribution in [2.45, 2.75) is 25.0 Å². The van der Waals surface area contributed by atoms with Gasteiger partial charge in [-0.15, -0.1) is 0 Å². The molecule has 2 aliphatic rings. The van der Waals surface area contributed by atoms with E-state index >= 15 is 0 Å². The van der Waals surface area contributed by atoms with Gasteiger partial charge in [0.15, 0.2) is 0 Å². The zero-order valence-corrected chi connectivity index (χ0v) is 16.4. The van der Waals surface area contributed by atoms with Gasteiger partial charge in [-0.05, 0) is 40.3 Å². The smallest absolute Gasteiger partial charge is 0.130 e. The van der Waals surface area contributed by atoms with E-state index in [2.05, 4.69) is 104 Å². The first kappa shape index (κ1) is 16.8. The fraction of sp³-hybridized carbons (Fsp3) is 0.143. The van der Waals surface area contributed by atoms with Gasteiger partial charge < -0.3 is 4.74 Å². The van der Waals surface area contributed by atoms with Crippen LogP contribution in [0.15, 0.2) is 97.1 Å². The minimum absolute atomic E-state index is 0.109. The summed E-state index contributed by atoms with van der Waals surface area (Å²) in [5.41, 5.74) is 9.92. The molecule has 0 saturated carbocycles. The van der Waals surface area contributed by atoms with Gasteiger partial charge in [-0.25, -0.2) is 0 Å². The predicted molar refractivity (Wildman–Crippen MR) is 117 cm³/mol. The van der Waals surface area contributed by atoms with Crippen LogP contribution in [0.1, 0.15) is 39.3 Å². The summed E-state index contributed by atoms with van der Waals surface area (Å²) in [6.07, 6.45) is 0. The van der Waals surface area contributed by atoms with E-state index in [1.807, 2.05) is 0 Å². The molecule has 4 aromatic carbocycles. The van der Waals surface area contributed by atoms with Crippen molar-refractivity contribution in [1.82, 2.24) is 0 Å². The molecule has 1 heteroatoms. The molecule has 1 heterocycles. The molecule has 1 aliphatic heterocycles. The van der Waals surface area contributed by atoms with Crippen molar-refractivity contribution in [3.63, 3.8) is 0 Å². The number of rotatable bonds is 2. The van der Waals surface area contributed by atoms with E-state index in [-0.39, 0.29) is 5.92 Å². The van der Waals surface area contributed by atoms with E-state index < -0.39 is 5.60 Å². The maximum Gasteiger partial charge on any atom is 0.130 e. The number of hydrogen-bond acceptors (Lipinski definition) is 1. The zero-order chi connectivity index (χ0) is 19.4. The first-order valence-electron chi connectivity index (χ1n) is 10.3. The monoisotopic (exact) mass is 374 g/mol. The molecule has 0 radical (unpaired) electrons. The zero-order valence-electron chi connectivity index (χ0n) is 16.4. The van der Waals surface area contributed by atoms with Crippen molar-refractivity contribution in [2.24, 2.45) is 0 Å². The predicted octanol–water partition coefficient (Wildman–Crippen LogP) is 6.58. The summed E-state index contributed by atoms with van der Waals surface area (Å²) >= 11 is 0. The van der Waals surface area contributed by atoms with Crippen LogP contribution in [-0.4, -0.2) is 0 Å². The van der Waals surface area contributed by atoms with Gasteiger partial charge >= 0.3 is 0 Å². The Morgan fingerprint density at radius 2 is 1.45 bits per heavy atom. The number of ether oxygens (including phenoxy) is 1. The highest BCUT2D eigenvalue weighted by Crippen LogP contribution is 2.60. The lowest BCUT2D eigenvalue weighted by Gasteiger charge is -2.44. The van der Waals surface area contributed by atoms with Crippen LogP contribution < -0.4 is 0 Å². The fourth-order valence-electron chi connectivity index (χ4n) is 5.34. The number of fused-ring (bicyclic) bond motifs is 2. The Morgan fingerprint density at radius 1 is 0.724 bits per heavy atom. The van der Waals surface area contributed by atoms with Crippen LogP contribution in [0, 0.1) is 6.92 Å². The van der Waals surface area contributed by atoms with E-state index in [1.54, 1.807) is 0 Å². The summed E-state index contributed by atoms with van der Waals surface area (Å²) in [4.78, 5) is 0. The number of aryl methyl sites for hydroxylation is 1. The van der Waals surface area contributed by atoms with E-state index in [9.17, 15) is 0 Å². The van der Waals surface area contributed by atoms with E-state index in [0.717, 1.165) is 0 Å². The van der Waals surface area contributed by atoms with Crippen LogP contribution in [0.2, 0.25) is 0 Å². The Kier molecular flexibility index (Phi) is 3.57. The molecular formula is C28H22O. The van der Waals surface area contributed by atoms with Crippen LogP contribution >= 0.6 is 0 Å². The molecule has 0 saturated heterocycles. The summed E-state index contributed by atoms with van der Waals surface area (Å²) in [5, 5.41) is 0. The van der Waals surface area contributed by atoms with Crippen LogP contribution in [0.5, 0.6) is 0 Å². The fourth-order valence-corrected chi connectivity index (χ4v) is 5.34. The maximum atomic E-state index is 6.83. The molecule has 0 unspecified atom stereocenters. The van der Waals surface area contributed by atoms with E-state index in [1.165, 1.54) is 44.5 Å². The van der Waals surface area contributed by atoms with Crippen molar-refractivity contribution in [3.05, 3.63) is 130 Å². The SMILES string of the molecule is Cc1ccc([C@@H]2c3ccccc3-c3cccc4c3[C@]2(c2ccccc2)OC4)cc1. The van der Waals surface area contributed by atoms with Crippen molar-refractivity contribution >= 4 is 0 Å². The van der Waals surface area contributed by atoms with E-state index in [4.69, 9.17) is 4.74 Å². The number of benzene rings is 4. The molecule has 0 N–H and O–H groups in total. The number of hydrogen-bond donors (Lipinski definition) is 0. The molecule has 0 amide bonds. The normalized spacial score (nSPS) is 21.5. The van der Waals surface area contributed by atoms with Crippen molar-refractivity contribution < 1.29 is 4.74 Å². The lowest BCUT2D eigenvalue weighted by Crippen LogP contribution is -2.38. The molecule has 6 rings (SSSR count). The first-order chi connectivity index (χ1) is 14.3. The topological polar surface area (TPSA) is 9.23 Å². The van der Waals surface area contributed by atoms with Gasteiger partial charge in [0.05, 0.1) is 6.61 Å². The third-order valence-electron chi connectivity index (χ3n) is 6.56. The molecule has 0 aromatic heterocycles. The highest BCUT2D eigenvalue weighted by atomic mass is 16.5. The van der Waals surface area contributed by atoms with Gasteiger partial charge in [0.25, 0.3) is 0 Å². The molecule has 1 aliphatic carbocycles. The second-order valence-electron chi connectivity index (χ2n) is 8.16. The first-order valence-corrected chi connectivity index (χ1v) is 10.3. The molecule has 1 nitrogen and oxygen atoms in total. The standard InChI is InChI=1S/C28H22O/c1-19-14-16-20(17-15-19)26-24-12-6-5-11-23(24)25-13-7-8-21-18-29-28(26,27(21)25)22-9-3-2-4-10-22/h2-17,26H,18H2,1H3/t26-,28-/m1/s1. The summed E-state index contributed by atoms with van der Waals surface area (Å²) in [7, 11) is 0. The molecule has 0 spiro atoms. The molecule has 4 aromatic rings. The van der Waals surface area contributed by atoms with E-state index in [0.29, 0.717) is 6.61 Å². The van der Waals surface area contributed by atoms with Crippen molar-refractivity contribution in [3.8, 4) is 11.1 Å². The van der Waals surface area contributed by atoms with Gasteiger partial charge in [0, 0.05) is 11.5 Å². The van der Waals surface area contributed by atoms with Crippen LogP contribution in [0.25, 0.3) is 11.1 Å². The summed E-state index contributed by atoms with van der Waals surface area (Å²) in [5.74, 6) is 0.109. The largest absolute Gasteiger partial charge is 0.360 e. The Morgan fingerprint density at radius 3 is 2.28 bits per heavy atom. The molecule has 140 valence electrons. The van der Waals surface area contributed by atoms with Crippen molar-refractivity contribution in [1.29, 1.82) is 0 Å². The quantitative estimate of drug-likeness (QED) is 0.385. The molecular weight excluding hydrogens is 352 g/mol. The van der Waals surface area contributed by atoms with Gasteiger partial charge in [-0.1, -0.05) is 103 Å². The highest BCUT2D eigenvalue weighted by molar-refractivity contribution is 5.80. The van der Waals surface area contributed by atoms with Gasteiger partial charge in [-0.2, -0.15) is 0 Å². The lowest BCUT2D eigenvalue weighted by atomic mass is 9.63. The summed E-state index contributed by atoms with van der Waals surface area (Å²) < 4.78 is 6.83. The average Bonchev–Trinajstić information content (AvgIpc) is 3.17. The Bertz CT molecular complexity index is 1210. The van der Waals surface area contributed by atoms with Gasteiger partial charge in [0.2, 0.25) is 0 Å². The minimum atomic E-state index is -0.503. The minimum Gasteiger partial charge on any atom is -0.360 e. The molecule has 0 fully saturated rings. The van der Waals surface area contributed by atoms with Crippen LogP contribution in [-0.2, 0) is 16.9 Å². The Hall–Kier alpha value is -3.16. The van der Waals surface area contributed by atoms with Gasteiger partial charge in [-0.3, -0.25) is 0 Å². The second-order valence-corrected chi connectivity index (χ2v) is 8.16. The molecule has 0 bridgehead atoms. The molecule has 29 heavy (non-hydrogen) atoms. The summed E-state index contributed by atoms with van der Waals surface area (Å²) in [6, 6.07) is 35.3. The van der Waals surface area contributed by atoms with Crippen LogP contribution in [0.3, 0.4) is 0 Å². The Labute approximate surface area is 171 Å².